The van der Waals surface area contributed by atoms with E-state index < -0.39 is 0 Å². The van der Waals surface area contributed by atoms with Crippen molar-refractivity contribution in [2.24, 2.45) is 11.3 Å². The molecule has 0 unspecified atom stereocenters. The third-order valence-corrected chi connectivity index (χ3v) is 2.38. The van der Waals surface area contributed by atoms with E-state index in [1.165, 1.54) is 25.7 Å². The zero-order valence-corrected chi connectivity index (χ0v) is 12.9. The van der Waals surface area contributed by atoms with E-state index in [4.69, 9.17) is 0 Å². The lowest BCUT2D eigenvalue weighted by molar-refractivity contribution is 0.398. The summed E-state index contributed by atoms with van der Waals surface area (Å²) in [6, 6.07) is 0. The molecule has 0 bridgehead atoms. The molecule has 0 saturated carbocycles. The summed E-state index contributed by atoms with van der Waals surface area (Å²) in [6.07, 6.45) is 5.22. The van der Waals surface area contributed by atoms with Gasteiger partial charge in [-0.1, -0.05) is 88.0 Å². The first-order valence-corrected chi connectivity index (χ1v) is 6.74. The van der Waals surface area contributed by atoms with Crippen LogP contribution in [0.15, 0.2) is 0 Å². The molecule has 0 rings (SSSR count). The fourth-order valence-electron chi connectivity index (χ4n) is 0. The highest BCUT2D eigenvalue weighted by Gasteiger charge is 2.03. The maximum absolute atomic E-state index is 2.24. The standard InChI is InChI=1S/C6H14.C5H12.C4H10/c1-5-6(2,3)4;1-4-5(2)3;1-3-4-2/h5H2,1-4H3;5H,4H2,1-3H3;3-4H2,1-2H3. The topological polar surface area (TPSA) is 0 Å². The van der Waals surface area contributed by atoms with Crippen LogP contribution in [0.3, 0.4) is 0 Å². The van der Waals surface area contributed by atoms with Gasteiger partial charge < -0.3 is 0 Å². The molecule has 0 nitrogen and oxygen atoms in total. The summed E-state index contributed by atoms with van der Waals surface area (Å²) in [7, 11) is 0. The van der Waals surface area contributed by atoms with Crippen molar-refractivity contribution in [1.29, 1.82) is 0 Å². The second kappa shape index (κ2) is 14.0. The SMILES string of the molecule is CCC(C)(C)C.CCC(C)C.CCCC. The van der Waals surface area contributed by atoms with Crippen LogP contribution in [0.2, 0.25) is 0 Å². The van der Waals surface area contributed by atoms with Crippen molar-refractivity contribution in [2.45, 2.75) is 88.0 Å². The van der Waals surface area contributed by atoms with Crippen LogP contribution in [-0.4, -0.2) is 0 Å². The first-order chi connectivity index (χ1) is 6.74. The van der Waals surface area contributed by atoms with Gasteiger partial charge in [-0.05, 0) is 11.3 Å². The van der Waals surface area contributed by atoms with Crippen molar-refractivity contribution in [2.75, 3.05) is 0 Å². The van der Waals surface area contributed by atoms with Crippen LogP contribution >= 0.6 is 0 Å². The molecule has 0 aromatic heterocycles. The molecule has 0 aliphatic rings. The van der Waals surface area contributed by atoms with Gasteiger partial charge in [0, 0.05) is 0 Å². The van der Waals surface area contributed by atoms with Gasteiger partial charge in [0.1, 0.15) is 0 Å². The second-order valence-electron chi connectivity index (χ2n) is 5.72. The Kier molecular flexibility index (Phi) is 19.1. The molecule has 0 aliphatic carbocycles. The van der Waals surface area contributed by atoms with Crippen LogP contribution in [0.25, 0.3) is 0 Å². The van der Waals surface area contributed by atoms with Gasteiger partial charge in [0.2, 0.25) is 0 Å². The first-order valence-electron chi connectivity index (χ1n) is 6.74. The normalized spacial score (nSPS) is 10.0. The average Bonchev–Trinajstić information content (AvgIpc) is 2.18. The molecule has 0 heteroatoms. The van der Waals surface area contributed by atoms with Crippen LogP contribution in [0, 0.1) is 11.3 Å². The predicted molar refractivity (Wildman–Crippen MR) is 75.5 cm³/mol. The second-order valence-corrected chi connectivity index (χ2v) is 5.72. The van der Waals surface area contributed by atoms with Gasteiger partial charge >= 0.3 is 0 Å². The van der Waals surface area contributed by atoms with E-state index >= 15 is 0 Å². The summed E-state index contributed by atoms with van der Waals surface area (Å²) >= 11 is 0. The Labute approximate surface area is 99.9 Å². The van der Waals surface area contributed by atoms with E-state index in [1.54, 1.807) is 0 Å². The maximum Gasteiger partial charge on any atom is -0.0385 e. The molecule has 0 atom stereocenters. The van der Waals surface area contributed by atoms with E-state index in [9.17, 15) is 0 Å². The fraction of sp³-hybridized carbons (Fsp3) is 1.00. The first kappa shape index (κ1) is 20.4. The summed E-state index contributed by atoms with van der Waals surface area (Å²) in [5.74, 6) is 0.884. The molecule has 15 heavy (non-hydrogen) atoms. The van der Waals surface area contributed by atoms with Crippen molar-refractivity contribution in [3.8, 4) is 0 Å². The van der Waals surface area contributed by atoms with Crippen molar-refractivity contribution in [3.63, 3.8) is 0 Å². The van der Waals surface area contributed by atoms with Crippen molar-refractivity contribution in [1.82, 2.24) is 0 Å². The van der Waals surface area contributed by atoms with Crippen LogP contribution in [-0.2, 0) is 0 Å². The molecule has 0 amide bonds. The molecule has 0 heterocycles. The Bertz CT molecular complexity index is 82.7. The molecule has 0 saturated heterocycles. The number of hydrogen-bond acceptors (Lipinski definition) is 0. The lowest BCUT2D eigenvalue weighted by Crippen LogP contribution is -2.00. The molecule has 0 aliphatic heterocycles. The van der Waals surface area contributed by atoms with Crippen LogP contribution in [0.5, 0.6) is 0 Å². The summed E-state index contributed by atoms with van der Waals surface area (Å²) in [5.41, 5.74) is 0.542. The molecule has 0 fully saturated rings. The maximum atomic E-state index is 2.24. The Morgan fingerprint density at radius 1 is 0.800 bits per heavy atom. The van der Waals surface area contributed by atoms with Gasteiger partial charge in [0.25, 0.3) is 0 Å². The van der Waals surface area contributed by atoms with E-state index in [0.29, 0.717) is 5.41 Å². The lowest BCUT2D eigenvalue weighted by Gasteiger charge is -2.12. The molecule has 96 valence electrons. The van der Waals surface area contributed by atoms with E-state index in [0.717, 1.165) is 5.92 Å². The summed E-state index contributed by atoms with van der Waals surface area (Å²) in [4.78, 5) is 0. The van der Waals surface area contributed by atoms with Crippen molar-refractivity contribution >= 4 is 0 Å². The molecule has 0 N–H and O–H groups in total. The van der Waals surface area contributed by atoms with Gasteiger partial charge in [-0.15, -0.1) is 0 Å². The van der Waals surface area contributed by atoms with Crippen LogP contribution < -0.4 is 0 Å². The molecule has 0 aromatic rings. The van der Waals surface area contributed by atoms with E-state index in [1.807, 2.05) is 0 Å². The summed E-state index contributed by atoms with van der Waals surface area (Å²) < 4.78 is 0. The van der Waals surface area contributed by atoms with Crippen LogP contribution in [0.4, 0.5) is 0 Å². The Morgan fingerprint density at radius 2 is 1.00 bits per heavy atom. The Morgan fingerprint density at radius 3 is 1.00 bits per heavy atom. The van der Waals surface area contributed by atoms with Gasteiger partial charge in [0.05, 0.1) is 0 Å². The van der Waals surface area contributed by atoms with Gasteiger partial charge in [-0.2, -0.15) is 0 Å². The highest BCUT2D eigenvalue weighted by molar-refractivity contribution is 4.55. The van der Waals surface area contributed by atoms with Crippen molar-refractivity contribution < 1.29 is 0 Å². The van der Waals surface area contributed by atoms with Gasteiger partial charge in [0.15, 0.2) is 0 Å². The summed E-state index contributed by atoms with van der Waals surface area (Å²) in [5, 5.41) is 0. The Balaban J connectivity index is -0.000000147. The number of unbranched alkanes of at least 4 members (excludes halogenated alkanes) is 1. The number of rotatable bonds is 2. The number of hydrogen-bond donors (Lipinski definition) is 0. The highest BCUT2D eigenvalue weighted by Crippen LogP contribution is 2.16. The zero-order chi connectivity index (χ0) is 12.9. The monoisotopic (exact) mass is 216 g/mol. The molecule has 0 spiro atoms. The van der Waals surface area contributed by atoms with E-state index in [2.05, 4.69) is 62.3 Å². The largest absolute Gasteiger partial charge is 0.0654 e. The predicted octanol–water partition coefficient (Wildman–Crippen LogP) is 6.30. The van der Waals surface area contributed by atoms with Crippen molar-refractivity contribution in [3.05, 3.63) is 0 Å². The molecular weight excluding hydrogens is 180 g/mol. The lowest BCUT2D eigenvalue weighted by atomic mass is 9.94. The fourth-order valence-corrected chi connectivity index (χ4v) is 0. The average molecular weight is 216 g/mol. The molecular formula is C15H36. The summed E-state index contributed by atoms with van der Waals surface area (Å²) in [6.45, 7) is 19.9. The smallest absolute Gasteiger partial charge is 0.0385 e. The van der Waals surface area contributed by atoms with E-state index in [-0.39, 0.29) is 0 Å². The quantitative estimate of drug-likeness (QED) is 0.508. The minimum atomic E-state index is 0.542. The minimum Gasteiger partial charge on any atom is -0.0654 e. The van der Waals surface area contributed by atoms with Crippen LogP contribution in [0.1, 0.15) is 88.0 Å². The Hall–Kier alpha value is 0. The third kappa shape index (κ3) is 56.0. The zero-order valence-electron chi connectivity index (χ0n) is 12.9. The van der Waals surface area contributed by atoms with Gasteiger partial charge in [-0.3, -0.25) is 0 Å². The third-order valence-electron chi connectivity index (χ3n) is 2.38. The minimum absolute atomic E-state index is 0.542. The molecule has 0 aromatic carbocycles. The molecule has 0 radical (unpaired) electrons. The highest BCUT2D eigenvalue weighted by atomic mass is 14.1. The van der Waals surface area contributed by atoms with Gasteiger partial charge in [-0.25, -0.2) is 0 Å².